The first-order valence-electron chi connectivity index (χ1n) is 29.2. The molecule has 0 aromatic rings. The lowest BCUT2D eigenvalue weighted by Gasteiger charge is -2.21. The van der Waals surface area contributed by atoms with Crippen molar-refractivity contribution in [1.82, 2.24) is 0 Å². The number of aliphatic hydroxyl groups is 1. The molecule has 0 aliphatic rings. The lowest BCUT2D eigenvalue weighted by atomic mass is 10.0. The number of carbonyl (C=O) groups excluding carboxylic acids is 3. The van der Waals surface area contributed by atoms with Crippen molar-refractivity contribution >= 4 is 25.7 Å². The molecule has 2 N–H and O–H groups in total. The Bertz CT molecular complexity index is 1440. The van der Waals surface area contributed by atoms with Gasteiger partial charge in [0.15, 0.2) is 6.10 Å². The largest absolute Gasteiger partial charge is 0.472 e. The SMILES string of the molecule is CC/C=C\C/C=C\C/C=C\C/C=C\C/C=C\CCCCCC(=O)OC(COC(=O)CCCCCCCCCCC)COP(=O)(O)OCC(CO)OC(=O)CCCCCCCCCCCCCCCCCCC. The van der Waals surface area contributed by atoms with E-state index < -0.39 is 57.8 Å². The monoisotopic (exact) mass is 1030 g/mol. The maximum absolute atomic E-state index is 12.9. The van der Waals surface area contributed by atoms with Gasteiger partial charge in [0.1, 0.15) is 12.7 Å². The average molecular weight is 1040 g/mol. The first-order valence-corrected chi connectivity index (χ1v) is 30.7. The zero-order chi connectivity index (χ0) is 52.7. The smallest absolute Gasteiger partial charge is 0.462 e. The molecule has 0 saturated carbocycles. The van der Waals surface area contributed by atoms with Crippen LogP contribution in [0.3, 0.4) is 0 Å². The highest BCUT2D eigenvalue weighted by Crippen LogP contribution is 2.43. The van der Waals surface area contributed by atoms with Crippen molar-refractivity contribution in [3.8, 4) is 0 Å². The zero-order valence-corrected chi connectivity index (χ0v) is 47.0. The van der Waals surface area contributed by atoms with E-state index in [1.54, 1.807) is 0 Å². The second-order valence-corrected chi connectivity index (χ2v) is 20.9. The second-order valence-electron chi connectivity index (χ2n) is 19.4. The third-order valence-electron chi connectivity index (χ3n) is 12.5. The van der Waals surface area contributed by atoms with Crippen LogP contribution in [0.4, 0.5) is 0 Å². The van der Waals surface area contributed by atoms with Crippen LogP contribution in [0, 0.1) is 0 Å². The number of rotatable bonds is 54. The molecule has 72 heavy (non-hydrogen) atoms. The molecule has 3 atom stereocenters. The summed E-state index contributed by atoms with van der Waals surface area (Å²) in [6.45, 7) is 4.50. The van der Waals surface area contributed by atoms with Crippen LogP contribution >= 0.6 is 7.82 Å². The van der Waals surface area contributed by atoms with Crippen molar-refractivity contribution in [3.05, 3.63) is 60.8 Å². The van der Waals surface area contributed by atoms with E-state index >= 15 is 0 Å². The number of allylic oxidation sites excluding steroid dienone is 10. The molecule has 0 spiro atoms. The minimum atomic E-state index is -4.75. The van der Waals surface area contributed by atoms with Gasteiger partial charge in [-0.2, -0.15) is 0 Å². The molecule has 418 valence electrons. The van der Waals surface area contributed by atoms with Gasteiger partial charge >= 0.3 is 25.7 Å². The molecule has 0 rings (SSSR count). The van der Waals surface area contributed by atoms with Crippen LogP contribution < -0.4 is 0 Å². The highest BCUT2D eigenvalue weighted by Gasteiger charge is 2.28. The molecule has 0 fully saturated rings. The molecule has 3 unspecified atom stereocenters. The first kappa shape index (κ1) is 69.2. The fourth-order valence-corrected chi connectivity index (χ4v) is 8.81. The molecule has 0 aromatic carbocycles. The van der Waals surface area contributed by atoms with Crippen molar-refractivity contribution in [2.75, 3.05) is 26.4 Å². The standard InChI is InChI=1S/C60H107O11P/c1-4-7-10-13-16-19-21-23-25-27-28-30-32-34-36-39-42-45-48-51-60(64)71-57(53-67-58(62)49-46-43-40-37-18-15-12-9-6-3)55-69-72(65,66)68-54-56(52-61)70-59(63)50-47-44-41-38-35-33-31-29-26-24-22-20-17-14-11-8-5-2/h7,10,16,19,23,25,28,30,34,36,56-57,61H,4-6,8-9,11-15,17-18,20-22,24,26-27,29,31-33,35,37-55H2,1-3H3,(H,65,66)/b10-7-,19-16-,25-23-,30-28-,36-34-. The molecule has 0 aliphatic carbocycles. The van der Waals surface area contributed by atoms with Crippen LogP contribution in [0.5, 0.6) is 0 Å². The maximum atomic E-state index is 12.9. The van der Waals surface area contributed by atoms with Crippen LogP contribution in [-0.4, -0.2) is 66.5 Å². The highest BCUT2D eigenvalue weighted by molar-refractivity contribution is 7.47. The normalized spacial score (nSPS) is 13.8. The fraction of sp³-hybridized carbons (Fsp3) is 0.783. The summed E-state index contributed by atoms with van der Waals surface area (Å²) in [5.74, 6) is -1.49. The molecule has 11 nitrogen and oxygen atoms in total. The quantitative estimate of drug-likeness (QED) is 0.0197. The summed E-state index contributed by atoms with van der Waals surface area (Å²) in [7, 11) is -4.75. The number of esters is 3. The second kappa shape index (κ2) is 54.4. The summed E-state index contributed by atoms with van der Waals surface area (Å²) in [6.07, 6.45) is 59.0. The van der Waals surface area contributed by atoms with Crippen LogP contribution in [0.15, 0.2) is 60.8 Å². The fourth-order valence-electron chi connectivity index (χ4n) is 8.03. The highest BCUT2D eigenvalue weighted by atomic mass is 31.2. The Morgan fingerprint density at radius 3 is 1.11 bits per heavy atom. The van der Waals surface area contributed by atoms with E-state index in [1.165, 1.54) is 116 Å². The van der Waals surface area contributed by atoms with Gasteiger partial charge in [-0.15, -0.1) is 0 Å². The number of hydrogen-bond acceptors (Lipinski definition) is 10. The van der Waals surface area contributed by atoms with Gasteiger partial charge in [0.25, 0.3) is 0 Å². The number of phosphoric acid groups is 1. The molecule has 0 saturated heterocycles. The Morgan fingerprint density at radius 1 is 0.403 bits per heavy atom. The summed E-state index contributed by atoms with van der Waals surface area (Å²) in [6, 6.07) is 0. The third kappa shape index (κ3) is 52.1. The van der Waals surface area contributed by atoms with E-state index in [1.807, 2.05) is 0 Å². The Hall–Kier alpha value is -2.82. The van der Waals surface area contributed by atoms with E-state index in [0.717, 1.165) is 89.9 Å². The van der Waals surface area contributed by atoms with Crippen LogP contribution in [0.2, 0.25) is 0 Å². The Morgan fingerprint density at radius 2 is 0.722 bits per heavy atom. The van der Waals surface area contributed by atoms with E-state index in [-0.39, 0.29) is 25.9 Å². The minimum Gasteiger partial charge on any atom is -0.462 e. The third-order valence-corrected chi connectivity index (χ3v) is 13.4. The number of ether oxygens (including phenoxy) is 3. The molecule has 0 heterocycles. The Balaban J connectivity index is 4.65. The first-order chi connectivity index (χ1) is 35.2. The molecule has 0 aliphatic heterocycles. The summed E-state index contributed by atoms with van der Waals surface area (Å²) in [4.78, 5) is 48.4. The van der Waals surface area contributed by atoms with Gasteiger partial charge in [-0.25, -0.2) is 4.57 Å². The summed E-state index contributed by atoms with van der Waals surface area (Å²) >= 11 is 0. The topological polar surface area (TPSA) is 155 Å². The zero-order valence-electron chi connectivity index (χ0n) is 46.1. The molecular weight excluding hydrogens is 928 g/mol. The number of aliphatic hydroxyl groups excluding tert-OH is 1. The molecule has 12 heteroatoms. The summed E-state index contributed by atoms with van der Waals surface area (Å²) < 4.78 is 39.4. The summed E-state index contributed by atoms with van der Waals surface area (Å²) in [5, 5.41) is 9.81. The number of carbonyl (C=O) groups is 3. The van der Waals surface area contributed by atoms with Gasteiger partial charge in [-0.05, 0) is 64.2 Å². The predicted molar refractivity (Wildman–Crippen MR) is 298 cm³/mol. The van der Waals surface area contributed by atoms with Gasteiger partial charge in [-0.3, -0.25) is 23.4 Å². The van der Waals surface area contributed by atoms with Crippen LogP contribution in [0.25, 0.3) is 0 Å². The predicted octanol–water partition coefficient (Wildman–Crippen LogP) is 17.1. The maximum Gasteiger partial charge on any atom is 0.472 e. The van der Waals surface area contributed by atoms with Gasteiger partial charge in [0, 0.05) is 19.3 Å². The van der Waals surface area contributed by atoms with Crippen molar-refractivity contribution in [3.63, 3.8) is 0 Å². The van der Waals surface area contributed by atoms with Gasteiger partial charge in [-0.1, -0.05) is 242 Å². The van der Waals surface area contributed by atoms with E-state index in [0.29, 0.717) is 19.3 Å². The van der Waals surface area contributed by atoms with Gasteiger partial charge < -0.3 is 24.2 Å². The lowest BCUT2D eigenvalue weighted by molar-refractivity contribution is -0.161. The number of unbranched alkanes of at least 4 members (excludes halogenated alkanes) is 27. The average Bonchev–Trinajstić information content (AvgIpc) is 3.37. The molecular formula is C60H107O11P. The van der Waals surface area contributed by atoms with Gasteiger partial charge in [0.05, 0.1) is 19.8 Å². The van der Waals surface area contributed by atoms with Crippen molar-refractivity contribution < 1.29 is 52.2 Å². The van der Waals surface area contributed by atoms with Crippen molar-refractivity contribution in [1.29, 1.82) is 0 Å². The van der Waals surface area contributed by atoms with E-state index in [2.05, 4.69) is 81.5 Å². The minimum absolute atomic E-state index is 0.130. The summed E-state index contributed by atoms with van der Waals surface area (Å²) in [5.41, 5.74) is 0. The van der Waals surface area contributed by atoms with Crippen LogP contribution in [0.1, 0.15) is 265 Å². The Labute approximate surface area is 440 Å². The van der Waals surface area contributed by atoms with Crippen LogP contribution in [-0.2, 0) is 42.2 Å². The van der Waals surface area contributed by atoms with Crippen molar-refractivity contribution in [2.24, 2.45) is 0 Å². The lowest BCUT2D eigenvalue weighted by Crippen LogP contribution is -2.30. The van der Waals surface area contributed by atoms with Gasteiger partial charge in [0.2, 0.25) is 0 Å². The number of hydrogen-bond donors (Lipinski definition) is 2. The molecule has 0 aromatic heterocycles. The molecule has 0 radical (unpaired) electrons. The molecule has 0 amide bonds. The van der Waals surface area contributed by atoms with E-state index in [4.69, 9.17) is 23.3 Å². The number of phosphoric ester groups is 1. The molecule has 0 bridgehead atoms. The van der Waals surface area contributed by atoms with E-state index in [9.17, 15) is 28.9 Å². The van der Waals surface area contributed by atoms with Crippen molar-refractivity contribution in [2.45, 2.75) is 277 Å². The Kier molecular flexibility index (Phi) is 52.3.